The molecule has 1 aliphatic rings. The van der Waals surface area contributed by atoms with Gasteiger partial charge in [0.15, 0.2) is 0 Å². The fourth-order valence-electron chi connectivity index (χ4n) is 4.38. The predicted molar refractivity (Wildman–Crippen MR) is 95.0 cm³/mol. The molecular weight excluding hydrogens is 256 g/mol. The van der Waals surface area contributed by atoms with Crippen molar-refractivity contribution in [1.82, 2.24) is 10.2 Å². The number of unbranched alkanes of at least 4 members (excludes halogenated alkanes) is 5. The molecule has 1 aliphatic heterocycles. The van der Waals surface area contributed by atoms with Gasteiger partial charge in [-0.05, 0) is 52.2 Å². The molecule has 0 aromatic rings. The van der Waals surface area contributed by atoms with Crippen molar-refractivity contribution < 1.29 is 0 Å². The monoisotopic (exact) mass is 296 g/mol. The zero-order valence-corrected chi connectivity index (χ0v) is 15.2. The van der Waals surface area contributed by atoms with Crippen LogP contribution in [0.15, 0.2) is 0 Å². The van der Waals surface area contributed by atoms with Gasteiger partial charge in [0.25, 0.3) is 0 Å². The number of likely N-dealkylation sites (N-methyl/N-ethyl adjacent to an activating group) is 1. The Hall–Kier alpha value is -0.0800. The lowest BCUT2D eigenvalue weighted by molar-refractivity contribution is 0.0605. The third-order valence-corrected chi connectivity index (χ3v) is 5.80. The highest BCUT2D eigenvalue weighted by Crippen LogP contribution is 2.33. The lowest BCUT2D eigenvalue weighted by atomic mass is 9.80. The number of nitrogens with zero attached hydrogens (tertiary/aromatic N) is 1. The van der Waals surface area contributed by atoms with Crippen molar-refractivity contribution >= 4 is 0 Å². The van der Waals surface area contributed by atoms with E-state index in [0.29, 0.717) is 11.6 Å². The fourth-order valence-corrected chi connectivity index (χ4v) is 4.38. The second kappa shape index (κ2) is 10.6. The molecule has 2 heteroatoms. The van der Waals surface area contributed by atoms with Gasteiger partial charge in [-0.15, -0.1) is 0 Å². The van der Waals surface area contributed by atoms with Crippen molar-refractivity contribution in [3.63, 3.8) is 0 Å². The van der Waals surface area contributed by atoms with Crippen LogP contribution in [-0.4, -0.2) is 36.6 Å². The molecule has 0 amide bonds. The molecule has 126 valence electrons. The van der Waals surface area contributed by atoms with Crippen molar-refractivity contribution in [3.8, 4) is 0 Å². The zero-order chi connectivity index (χ0) is 15.6. The van der Waals surface area contributed by atoms with Crippen LogP contribution in [0.25, 0.3) is 0 Å². The van der Waals surface area contributed by atoms with Gasteiger partial charge >= 0.3 is 0 Å². The second-order valence-electron chi connectivity index (χ2n) is 6.90. The van der Waals surface area contributed by atoms with Crippen LogP contribution in [-0.2, 0) is 0 Å². The Balaban J connectivity index is 2.48. The van der Waals surface area contributed by atoms with E-state index in [0.717, 1.165) is 0 Å². The Morgan fingerprint density at radius 2 is 1.48 bits per heavy atom. The van der Waals surface area contributed by atoms with Crippen molar-refractivity contribution in [2.24, 2.45) is 0 Å². The Morgan fingerprint density at radius 1 is 0.905 bits per heavy atom. The van der Waals surface area contributed by atoms with E-state index in [1.807, 2.05) is 0 Å². The first-order chi connectivity index (χ1) is 10.2. The van der Waals surface area contributed by atoms with Gasteiger partial charge in [-0.25, -0.2) is 0 Å². The Bertz CT molecular complexity index is 242. The van der Waals surface area contributed by atoms with Crippen LogP contribution in [0.3, 0.4) is 0 Å². The normalized spacial score (nSPS) is 18.3. The third-order valence-electron chi connectivity index (χ3n) is 5.80. The largest absolute Gasteiger partial charge is 0.315 e. The second-order valence-corrected chi connectivity index (χ2v) is 6.90. The summed E-state index contributed by atoms with van der Waals surface area (Å²) in [6.07, 6.45) is 15.1. The van der Waals surface area contributed by atoms with E-state index >= 15 is 0 Å². The van der Waals surface area contributed by atoms with E-state index in [9.17, 15) is 0 Å². The molecule has 1 saturated heterocycles. The van der Waals surface area contributed by atoms with E-state index < -0.39 is 0 Å². The Morgan fingerprint density at radius 3 is 2.00 bits per heavy atom. The highest BCUT2D eigenvalue weighted by Gasteiger charge is 2.40. The van der Waals surface area contributed by atoms with Crippen molar-refractivity contribution in [3.05, 3.63) is 0 Å². The fraction of sp³-hybridized carbons (Fsp3) is 1.00. The molecule has 21 heavy (non-hydrogen) atoms. The van der Waals surface area contributed by atoms with Crippen LogP contribution in [0.4, 0.5) is 0 Å². The maximum absolute atomic E-state index is 3.68. The number of nitrogens with one attached hydrogen (secondary N) is 1. The maximum atomic E-state index is 3.68. The van der Waals surface area contributed by atoms with Crippen LogP contribution in [0.1, 0.15) is 91.4 Å². The number of rotatable bonds is 12. The van der Waals surface area contributed by atoms with Gasteiger partial charge in [0.05, 0.1) is 0 Å². The summed E-state index contributed by atoms with van der Waals surface area (Å²) in [5.41, 5.74) is 0.397. The summed E-state index contributed by atoms with van der Waals surface area (Å²) in [6.45, 7) is 9.72. The smallest absolute Gasteiger partial charge is 0.0357 e. The Kier molecular flexibility index (Phi) is 9.59. The van der Waals surface area contributed by atoms with Crippen LogP contribution < -0.4 is 5.32 Å². The minimum Gasteiger partial charge on any atom is -0.315 e. The van der Waals surface area contributed by atoms with E-state index in [1.54, 1.807) is 0 Å². The van der Waals surface area contributed by atoms with E-state index in [4.69, 9.17) is 0 Å². The quantitative estimate of drug-likeness (QED) is 0.511. The van der Waals surface area contributed by atoms with Gasteiger partial charge in [-0.2, -0.15) is 0 Å². The standard InChI is InChI=1S/C19H40N2/c1-5-8-9-10-11-12-15-18(20-4)19(6-2,7-3)21-16-13-14-17-21/h18,20H,5-17H2,1-4H3. The van der Waals surface area contributed by atoms with Crippen molar-refractivity contribution in [2.75, 3.05) is 20.1 Å². The highest BCUT2D eigenvalue weighted by molar-refractivity contribution is 4.99. The molecule has 1 rings (SSSR count). The zero-order valence-electron chi connectivity index (χ0n) is 15.2. The minimum atomic E-state index is 0.397. The van der Waals surface area contributed by atoms with Crippen LogP contribution in [0, 0.1) is 0 Å². The molecule has 1 unspecified atom stereocenters. The molecule has 0 aromatic heterocycles. The van der Waals surface area contributed by atoms with Crippen molar-refractivity contribution in [2.45, 2.75) is 103 Å². The first-order valence-electron chi connectivity index (χ1n) is 9.67. The van der Waals surface area contributed by atoms with Gasteiger partial charge in [0, 0.05) is 11.6 Å². The molecule has 1 N–H and O–H groups in total. The highest BCUT2D eigenvalue weighted by atomic mass is 15.2. The molecule has 0 saturated carbocycles. The van der Waals surface area contributed by atoms with Gasteiger partial charge < -0.3 is 5.32 Å². The molecular formula is C19H40N2. The number of hydrogen-bond acceptors (Lipinski definition) is 2. The van der Waals surface area contributed by atoms with E-state index in [-0.39, 0.29) is 0 Å². The average Bonchev–Trinajstić information content (AvgIpc) is 3.05. The lowest BCUT2D eigenvalue weighted by Gasteiger charge is -2.47. The van der Waals surface area contributed by atoms with Crippen molar-refractivity contribution in [1.29, 1.82) is 0 Å². The number of likely N-dealkylation sites (tertiary alicyclic amines) is 1. The first-order valence-corrected chi connectivity index (χ1v) is 9.67. The summed E-state index contributed by atoms with van der Waals surface area (Å²) in [6, 6.07) is 0.664. The lowest BCUT2D eigenvalue weighted by Crippen LogP contribution is -2.59. The minimum absolute atomic E-state index is 0.397. The maximum Gasteiger partial charge on any atom is 0.0357 e. The first kappa shape index (κ1) is 19.0. The summed E-state index contributed by atoms with van der Waals surface area (Å²) in [5, 5.41) is 3.68. The molecule has 1 fully saturated rings. The summed E-state index contributed by atoms with van der Waals surface area (Å²) < 4.78 is 0. The third kappa shape index (κ3) is 5.25. The molecule has 0 aliphatic carbocycles. The van der Waals surface area contributed by atoms with Gasteiger partial charge in [-0.3, -0.25) is 4.90 Å². The predicted octanol–water partition coefficient (Wildman–Crippen LogP) is 4.98. The summed E-state index contributed by atoms with van der Waals surface area (Å²) in [5.74, 6) is 0. The SMILES string of the molecule is CCCCCCCCC(NC)C(CC)(CC)N1CCCC1. The van der Waals surface area contributed by atoms with Crippen LogP contribution in [0.2, 0.25) is 0 Å². The summed E-state index contributed by atoms with van der Waals surface area (Å²) in [4.78, 5) is 2.80. The number of hydrogen-bond donors (Lipinski definition) is 1. The van der Waals surface area contributed by atoms with Gasteiger partial charge in [0.2, 0.25) is 0 Å². The molecule has 0 spiro atoms. The van der Waals surface area contributed by atoms with E-state index in [1.165, 1.54) is 83.7 Å². The van der Waals surface area contributed by atoms with E-state index in [2.05, 4.69) is 38.0 Å². The van der Waals surface area contributed by atoms with Crippen LogP contribution in [0.5, 0.6) is 0 Å². The topological polar surface area (TPSA) is 15.3 Å². The summed E-state index contributed by atoms with van der Waals surface area (Å²) >= 11 is 0. The molecule has 1 heterocycles. The van der Waals surface area contributed by atoms with Crippen LogP contribution >= 0.6 is 0 Å². The Labute approximate surface area is 134 Å². The molecule has 2 nitrogen and oxygen atoms in total. The van der Waals surface area contributed by atoms with Gasteiger partial charge in [-0.1, -0.05) is 59.3 Å². The molecule has 1 atom stereocenters. The summed E-state index contributed by atoms with van der Waals surface area (Å²) in [7, 11) is 2.18. The molecule has 0 radical (unpaired) electrons. The molecule has 0 bridgehead atoms. The average molecular weight is 297 g/mol. The molecule has 0 aromatic carbocycles. The van der Waals surface area contributed by atoms with Gasteiger partial charge in [0.1, 0.15) is 0 Å².